The number of thiophene rings is 1. The summed E-state index contributed by atoms with van der Waals surface area (Å²) in [5, 5.41) is 6.00. The molecule has 0 aliphatic carbocycles. The minimum Gasteiger partial charge on any atom is -0.300 e. The Morgan fingerprint density at radius 3 is 2.73 bits per heavy atom. The number of nitrogens with zero attached hydrogens (tertiary/aromatic N) is 4. The number of hydrogen-bond donors (Lipinski definition) is 1. The molecule has 4 heterocycles. The first kappa shape index (κ1) is 21.1. The van der Waals surface area contributed by atoms with E-state index in [9.17, 15) is 9.59 Å². The second-order valence-corrected chi connectivity index (χ2v) is 10.5. The molecule has 1 aliphatic rings. The highest BCUT2D eigenvalue weighted by atomic mass is 32.1. The fourth-order valence-electron chi connectivity index (χ4n) is 4.28. The Morgan fingerprint density at radius 1 is 1.27 bits per heavy atom. The van der Waals surface area contributed by atoms with Crippen LogP contribution in [0.2, 0.25) is 0 Å². The van der Waals surface area contributed by atoms with Crippen molar-refractivity contribution in [3.63, 3.8) is 0 Å². The Kier molecular flexibility index (Phi) is 6.04. The first-order valence-electron chi connectivity index (χ1n) is 10.2. The SMILES string of the molecule is Cc1sc2ncn(CC(=O)Nc3nc(CN4C[C@H](C)C[C@H](C)C4)cs3)c(=O)c2c1C. The zero-order valence-corrected chi connectivity index (χ0v) is 19.4. The van der Waals surface area contributed by atoms with Crippen LogP contribution in [0.15, 0.2) is 16.5 Å². The van der Waals surface area contributed by atoms with Gasteiger partial charge in [-0.1, -0.05) is 13.8 Å². The van der Waals surface area contributed by atoms with Crippen LogP contribution in [0.5, 0.6) is 0 Å². The lowest BCUT2D eigenvalue weighted by molar-refractivity contribution is -0.116. The van der Waals surface area contributed by atoms with Gasteiger partial charge in [0, 0.05) is 29.9 Å². The second-order valence-electron chi connectivity index (χ2n) is 8.47. The third-order valence-corrected chi connectivity index (χ3v) is 7.52. The van der Waals surface area contributed by atoms with Crippen molar-refractivity contribution in [1.82, 2.24) is 19.4 Å². The van der Waals surface area contributed by atoms with Crippen LogP contribution in [0.25, 0.3) is 10.2 Å². The number of hydrogen-bond acceptors (Lipinski definition) is 7. The van der Waals surface area contributed by atoms with Crippen LogP contribution in [0.4, 0.5) is 5.13 Å². The number of nitrogens with one attached hydrogen (secondary N) is 1. The lowest BCUT2D eigenvalue weighted by atomic mass is 9.92. The minimum atomic E-state index is -0.274. The predicted octanol–water partition coefficient (Wildman–Crippen LogP) is 3.65. The van der Waals surface area contributed by atoms with Crippen molar-refractivity contribution in [3.05, 3.63) is 38.2 Å². The number of amides is 1. The maximum atomic E-state index is 12.8. The molecule has 0 unspecified atom stereocenters. The molecule has 3 aromatic rings. The first-order chi connectivity index (χ1) is 14.3. The largest absolute Gasteiger partial charge is 0.300 e. The molecule has 0 saturated carbocycles. The molecule has 0 radical (unpaired) electrons. The molecule has 9 heteroatoms. The summed E-state index contributed by atoms with van der Waals surface area (Å²) in [5.74, 6) is 1.13. The van der Waals surface area contributed by atoms with Gasteiger partial charge in [-0.05, 0) is 37.7 Å². The molecule has 30 heavy (non-hydrogen) atoms. The normalized spacial score (nSPS) is 20.0. The molecule has 1 fully saturated rings. The van der Waals surface area contributed by atoms with E-state index < -0.39 is 0 Å². The van der Waals surface area contributed by atoms with Gasteiger partial charge in [0.25, 0.3) is 5.56 Å². The lowest BCUT2D eigenvalue weighted by Crippen LogP contribution is -2.38. The molecule has 3 aromatic heterocycles. The van der Waals surface area contributed by atoms with Crippen molar-refractivity contribution in [3.8, 4) is 0 Å². The highest BCUT2D eigenvalue weighted by Gasteiger charge is 2.22. The molecule has 0 spiro atoms. The summed E-state index contributed by atoms with van der Waals surface area (Å²) in [6, 6.07) is 0. The van der Waals surface area contributed by atoms with E-state index in [1.165, 1.54) is 40.0 Å². The van der Waals surface area contributed by atoms with Crippen LogP contribution < -0.4 is 10.9 Å². The molecule has 4 rings (SSSR count). The summed E-state index contributed by atoms with van der Waals surface area (Å²) < 4.78 is 1.36. The number of anilines is 1. The van der Waals surface area contributed by atoms with E-state index >= 15 is 0 Å². The maximum absolute atomic E-state index is 12.8. The van der Waals surface area contributed by atoms with Gasteiger partial charge >= 0.3 is 0 Å². The van der Waals surface area contributed by atoms with Crippen LogP contribution in [-0.2, 0) is 17.9 Å². The van der Waals surface area contributed by atoms with Crippen LogP contribution in [0.3, 0.4) is 0 Å². The number of piperidine rings is 1. The Morgan fingerprint density at radius 2 is 2.00 bits per heavy atom. The fraction of sp³-hybridized carbons (Fsp3) is 0.524. The van der Waals surface area contributed by atoms with Gasteiger partial charge in [0.15, 0.2) is 5.13 Å². The van der Waals surface area contributed by atoms with E-state index in [-0.39, 0.29) is 18.0 Å². The van der Waals surface area contributed by atoms with E-state index in [1.807, 2.05) is 19.2 Å². The Bertz CT molecular complexity index is 1120. The van der Waals surface area contributed by atoms with Crippen LogP contribution in [-0.4, -0.2) is 38.4 Å². The second kappa shape index (κ2) is 8.56. The molecular weight excluding hydrogens is 418 g/mol. The molecule has 1 saturated heterocycles. The van der Waals surface area contributed by atoms with Crippen molar-refractivity contribution < 1.29 is 4.79 Å². The molecule has 7 nitrogen and oxygen atoms in total. The van der Waals surface area contributed by atoms with Gasteiger partial charge in [-0.15, -0.1) is 22.7 Å². The topological polar surface area (TPSA) is 80.1 Å². The predicted molar refractivity (Wildman–Crippen MR) is 122 cm³/mol. The molecular formula is C21H27N5O2S2. The number of fused-ring (bicyclic) bond motifs is 1. The van der Waals surface area contributed by atoms with Crippen molar-refractivity contribution in [2.24, 2.45) is 11.8 Å². The van der Waals surface area contributed by atoms with E-state index in [4.69, 9.17) is 0 Å². The van der Waals surface area contributed by atoms with Crippen molar-refractivity contribution in [1.29, 1.82) is 0 Å². The number of likely N-dealkylation sites (tertiary alicyclic amines) is 1. The summed E-state index contributed by atoms with van der Waals surface area (Å²) >= 11 is 2.92. The number of aromatic nitrogens is 3. The van der Waals surface area contributed by atoms with E-state index in [2.05, 4.69) is 34.0 Å². The average molecular weight is 446 g/mol. The van der Waals surface area contributed by atoms with Gasteiger partial charge in [-0.25, -0.2) is 9.97 Å². The molecule has 0 aromatic carbocycles. The number of rotatable bonds is 5. The number of aryl methyl sites for hydroxylation is 2. The summed E-state index contributed by atoms with van der Waals surface area (Å²) in [4.78, 5) is 38.4. The van der Waals surface area contributed by atoms with Gasteiger partial charge in [0.05, 0.1) is 17.4 Å². The molecule has 1 aliphatic heterocycles. The summed E-state index contributed by atoms with van der Waals surface area (Å²) in [5.41, 5.74) is 1.74. The third-order valence-electron chi connectivity index (χ3n) is 5.60. The van der Waals surface area contributed by atoms with E-state index in [1.54, 1.807) is 0 Å². The third kappa shape index (κ3) is 4.48. The smallest absolute Gasteiger partial charge is 0.262 e. The molecule has 160 valence electrons. The number of carbonyl (C=O) groups excluding carboxylic acids is 1. The van der Waals surface area contributed by atoms with Gasteiger partial charge in [-0.2, -0.15) is 0 Å². The molecule has 1 N–H and O–H groups in total. The van der Waals surface area contributed by atoms with Gasteiger partial charge in [-0.3, -0.25) is 19.1 Å². The maximum Gasteiger partial charge on any atom is 0.262 e. The monoisotopic (exact) mass is 445 g/mol. The first-order valence-corrected chi connectivity index (χ1v) is 11.9. The van der Waals surface area contributed by atoms with Gasteiger partial charge in [0.2, 0.25) is 5.91 Å². The summed E-state index contributed by atoms with van der Waals surface area (Å²) in [6.07, 6.45) is 2.73. The van der Waals surface area contributed by atoms with E-state index in [0.717, 1.165) is 40.6 Å². The van der Waals surface area contributed by atoms with Gasteiger partial charge < -0.3 is 5.32 Å². The van der Waals surface area contributed by atoms with Crippen molar-refractivity contribution in [2.75, 3.05) is 18.4 Å². The summed E-state index contributed by atoms with van der Waals surface area (Å²) in [7, 11) is 0. The molecule has 2 atom stereocenters. The quantitative estimate of drug-likeness (QED) is 0.648. The molecule has 1 amide bonds. The standard InChI is InChI=1S/C21H27N5O2S2/c1-12-5-13(2)7-25(6-12)8-16-10-29-21(23-16)24-17(27)9-26-11-22-19-18(20(26)28)14(3)15(4)30-19/h10-13H,5-9H2,1-4H3,(H,23,24,27)/t12-,13+. The zero-order valence-electron chi connectivity index (χ0n) is 17.8. The van der Waals surface area contributed by atoms with Crippen LogP contribution >= 0.6 is 22.7 Å². The molecule has 0 bridgehead atoms. The number of thiazole rings is 1. The highest BCUT2D eigenvalue weighted by molar-refractivity contribution is 7.18. The highest BCUT2D eigenvalue weighted by Crippen LogP contribution is 2.26. The zero-order chi connectivity index (χ0) is 21.4. The Labute approximate surface area is 183 Å². The van der Waals surface area contributed by atoms with E-state index in [0.29, 0.717) is 22.4 Å². The Balaban J connectivity index is 1.40. The number of carbonyl (C=O) groups is 1. The fourth-order valence-corrected chi connectivity index (χ4v) is 5.99. The lowest BCUT2D eigenvalue weighted by Gasteiger charge is -2.34. The van der Waals surface area contributed by atoms with Crippen molar-refractivity contribution >= 4 is 43.9 Å². The summed E-state index contributed by atoms with van der Waals surface area (Å²) in [6.45, 7) is 11.4. The van der Waals surface area contributed by atoms with Crippen LogP contribution in [0, 0.1) is 25.7 Å². The van der Waals surface area contributed by atoms with Gasteiger partial charge in [0.1, 0.15) is 11.4 Å². The minimum absolute atomic E-state index is 0.0772. The average Bonchev–Trinajstić information content (AvgIpc) is 3.21. The van der Waals surface area contributed by atoms with Crippen LogP contribution in [0.1, 0.15) is 36.4 Å². The van der Waals surface area contributed by atoms with Crippen molar-refractivity contribution in [2.45, 2.75) is 47.2 Å². The Hall–Kier alpha value is -2.10.